The second-order valence-electron chi connectivity index (χ2n) is 12.1. The Balaban J connectivity index is 1.44. The number of aliphatic hydroxyl groups is 2. The molecule has 4 rings (SSSR count). The number of hydrogen-bond acceptors (Lipinski definition) is 4. The number of aliphatic carboxylic acids is 1. The van der Waals surface area contributed by atoms with E-state index in [1.807, 2.05) is 0 Å². The number of carbonyl (C=O) groups is 2. The second kappa shape index (κ2) is 8.90. The van der Waals surface area contributed by atoms with Crippen LogP contribution < -0.4 is 5.32 Å². The number of fused-ring (bicyclic) bond motifs is 5. The molecule has 0 unspecified atom stereocenters. The summed E-state index contributed by atoms with van der Waals surface area (Å²) < 4.78 is 0. The van der Waals surface area contributed by atoms with Gasteiger partial charge in [-0.15, -0.1) is 0 Å². The average Bonchev–Trinajstić information content (AvgIpc) is 3.09. The number of rotatable bonds is 6. The summed E-state index contributed by atoms with van der Waals surface area (Å²) in [6.45, 7) is 6.83. The van der Waals surface area contributed by atoms with Crippen molar-refractivity contribution in [2.75, 3.05) is 6.54 Å². The third-order valence-corrected chi connectivity index (χ3v) is 10.7. The van der Waals surface area contributed by atoms with Gasteiger partial charge in [-0.1, -0.05) is 20.8 Å². The van der Waals surface area contributed by atoms with Gasteiger partial charge >= 0.3 is 5.97 Å². The highest BCUT2D eigenvalue weighted by Crippen LogP contribution is 2.68. The SMILES string of the molecule is C[C@H](CCC(=O)NCC(=O)O)[C@H]1CC[C@H]2[C@@H]3[C@H](O)C[C@@H]4C[C@@H](O)CC[C@]4(C)[C@H]3CC[C@]12C. The van der Waals surface area contributed by atoms with Gasteiger partial charge in [-0.2, -0.15) is 0 Å². The van der Waals surface area contributed by atoms with Crippen molar-refractivity contribution in [1.82, 2.24) is 5.32 Å². The number of hydrogen-bond donors (Lipinski definition) is 4. The van der Waals surface area contributed by atoms with Crippen molar-refractivity contribution in [2.24, 2.45) is 46.3 Å². The summed E-state index contributed by atoms with van der Waals surface area (Å²) in [5.74, 6) is 1.66. The molecule has 0 spiro atoms. The lowest BCUT2D eigenvalue weighted by Crippen LogP contribution is -2.58. The van der Waals surface area contributed by atoms with Gasteiger partial charge in [0, 0.05) is 6.42 Å². The number of aliphatic hydroxyl groups excluding tert-OH is 2. The zero-order valence-corrected chi connectivity index (χ0v) is 20.1. The van der Waals surface area contributed by atoms with Gasteiger partial charge in [0.25, 0.3) is 0 Å². The summed E-state index contributed by atoms with van der Waals surface area (Å²) in [4.78, 5) is 22.7. The van der Waals surface area contributed by atoms with Gasteiger partial charge in [-0.25, -0.2) is 0 Å². The van der Waals surface area contributed by atoms with E-state index >= 15 is 0 Å². The van der Waals surface area contributed by atoms with Crippen LogP contribution >= 0.6 is 0 Å². The van der Waals surface area contributed by atoms with Crippen LogP contribution in [0, 0.1) is 46.3 Å². The Morgan fingerprint density at radius 3 is 2.41 bits per heavy atom. The van der Waals surface area contributed by atoms with Gasteiger partial charge in [0.15, 0.2) is 0 Å². The van der Waals surface area contributed by atoms with Crippen LogP contribution in [0.15, 0.2) is 0 Å². The van der Waals surface area contributed by atoms with Crippen molar-refractivity contribution in [3.63, 3.8) is 0 Å². The van der Waals surface area contributed by atoms with E-state index in [1.54, 1.807) is 0 Å². The Labute approximate surface area is 192 Å². The fraction of sp³-hybridized carbons (Fsp3) is 0.923. The number of nitrogens with one attached hydrogen (secondary N) is 1. The number of carbonyl (C=O) groups excluding carboxylic acids is 1. The summed E-state index contributed by atoms with van der Waals surface area (Å²) in [5.41, 5.74) is 0.451. The zero-order chi connectivity index (χ0) is 23.3. The molecule has 4 aliphatic carbocycles. The molecule has 0 aromatic heterocycles. The smallest absolute Gasteiger partial charge is 0.322 e. The lowest BCUT2D eigenvalue weighted by atomic mass is 9.43. The van der Waals surface area contributed by atoms with Gasteiger partial charge in [0.1, 0.15) is 6.54 Å². The summed E-state index contributed by atoms with van der Waals surface area (Å²) in [7, 11) is 0. The van der Waals surface area contributed by atoms with E-state index in [0.717, 1.165) is 44.9 Å². The van der Waals surface area contributed by atoms with Crippen LogP contribution in [-0.4, -0.2) is 45.9 Å². The topological polar surface area (TPSA) is 107 Å². The summed E-state index contributed by atoms with van der Waals surface area (Å²) >= 11 is 0. The van der Waals surface area contributed by atoms with Crippen LogP contribution in [-0.2, 0) is 9.59 Å². The Morgan fingerprint density at radius 1 is 1.00 bits per heavy atom. The highest BCUT2D eigenvalue weighted by Gasteiger charge is 2.62. The molecule has 0 aromatic rings. The van der Waals surface area contributed by atoms with Crippen LogP contribution in [0.1, 0.15) is 85.0 Å². The molecule has 32 heavy (non-hydrogen) atoms. The van der Waals surface area contributed by atoms with Crippen LogP contribution in [0.3, 0.4) is 0 Å². The minimum Gasteiger partial charge on any atom is -0.480 e. The van der Waals surface area contributed by atoms with Gasteiger partial charge < -0.3 is 20.6 Å². The largest absolute Gasteiger partial charge is 0.480 e. The van der Waals surface area contributed by atoms with E-state index in [1.165, 1.54) is 12.8 Å². The van der Waals surface area contributed by atoms with Gasteiger partial charge in [-0.05, 0) is 104 Å². The van der Waals surface area contributed by atoms with Crippen molar-refractivity contribution in [1.29, 1.82) is 0 Å². The maximum absolute atomic E-state index is 12.0. The highest BCUT2D eigenvalue weighted by atomic mass is 16.4. The van der Waals surface area contributed by atoms with Crippen LogP contribution in [0.25, 0.3) is 0 Å². The molecule has 0 bridgehead atoms. The molecular formula is C26H43NO5. The van der Waals surface area contributed by atoms with E-state index in [2.05, 4.69) is 26.1 Å². The molecule has 0 radical (unpaired) electrons. The van der Waals surface area contributed by atoms with Crippen molar-refractivity contribution in [3.05, 3.63) is 0 Å². The number of carboxylic acid groups (broad SMARTS) is 1. The molecule has 10 atom stereocenters. The van der Waals surface area contributed by atoms with E-state index in [9.17, 15) is 19.8 Å². The molecule has 182 valence electrons. The van der Waals surface area contributed by atoms with Crippen molar-refractivity contribution < 1.29 is 24.9 Å². The minimum absolute atomic E-state index is 0.177. The Hall–Kier alpha value is -1.14. The first-order valence-corrected chi connectivity index (χ1v) is 12.9. The number of amides is 1. The average molecular weight is 450 g/mol. The Morgan fingerprint density at radius 2 is 1.69 bits per heavy atom. The maximum atomic E-state index is 12.0. The van der Waals surface area contributed by atoms with Crippen molar-refractivity contribution in [2.45, 2.75) is 97.2 Å². The van der Waals surface area contributed by atoms with Crippen LogP contribution in [0.4, 0.5) is 0 Å². The molecule has 0 heterocycles. The molecule has 4 fully saturated rings. The Kier molecular flexibility index (Phi) is 6.68. The van der Waals surface area contributed by atoms with Crippen molar-refractivity contribution in [3.8, 4) is 0 Å². The molecule has 4 N–H and O–H groups in total. The first-order chi connectivity index (χ1) is 15.1. The molecule has 4 saturated carbocycles. The lowest BCUT2D eigenvalue weighted by Gasteiger charge is -2.62. The lowest BCUT2D eigenvalue weighted by molar-refractivity contribution is -0.174. The van der Waals surface area contributed by atoms with E-state index in [0.29, 0.717) is 41.9 Å². The predicted octanol–water partition coefficient (Wildman–Crippen LogP) is 3.59. The van der Waals surface area contributed by atoms with Crippen LogP contribution in [0.5, 0.6) is 0 Å². The van der Waals surface area contributed by atoms with E-state index in [-0.39, 0.29) is 35.5 Å². The quantitative estimate of drug-likeness (QED) is 0.496. The molecule has 4 aliphatic rings. The fourth-order valence-corrected chi connectivity index (χ4v) is 9.00. The van der Waals surface area contributed by atoms with Crippen molar-refractivity contribution >= 4 is 11.9 Å². The Bertz CT molecular complexity index is 727. The molecule has 0 aromatic carbocycles. The first kappa shape index (κ1) is 24.0. The van der Waals surface area contributed by atoms with Gasteiger partial charge in [-0.3, -0.25) is 9.59 Å². The van der Waals surface area contributed by atoms with Gasteiger partial charge in [0.05, 0.1) is 12.2 Å². The third-order valence-electron chi connectivity index (χ3n) is 10.7. The molecule has 1 amide bonds. The summed E-state index contributed by atoms with van der Waals surface area (Å²) in [6, 6.07) is 0. The highest BCUT2D eigenvalue weighted by molar-refractivity contribution is 5.81. The molecule has 0 aliphatic heterocycles. The van der Waals surface area contributed by atoms with E-state index in [4.69, 9.17) is 5.11 Å². The third kappa shape index (κ3) is 4.11. The predicted molar refractivity (Wildman–Crippen MR) is 122 cm³/mol. The maximum Gasteiger partial charge on any atom is 0.322 e. The standard InChI is InChI=1S/C26H43NO5/c1-15(4-7-22(30)27-14-23(31)32)18-5-6-19-24-20(9-11-26(18,19)3)25(2)10-8-17(28)12-16(25)13-21(24)29/h15-21,24,28-29H,4-14H2,1-3H3,(H,27,30)(H,31,32)/t15-,16+,17+,18-,19+,20+,21-,24+,25+,26-/m1/s1. The minimum atomic E-state index is -1.01. The molecule has 6 nitrogen and oxygen atoms in total. The second-order valence-corrected chi connectivity index (χ2v) is 12.1. The van der Waals surface area contributed by atoms with Crippen LogP contribution in [0.2, 0.25) is 0 Å². The first-order valence-electron chi connectivity index (χ1n) is 12.9. The summed E-state index contributed by atoms with van der Waals surface area (Å²) in [5, 5.41) is 32.8. The number of carboxylic acids is 1. The zero-order valence-electron chi connectivity index (χ0n) is 20.1. The molecule has 0 saturated heterocycles. The monoisotopic (exact) mass is 449 g/mol. The van der Waals surface area contributed by atoms with Gasteiger partial charge in [0.2, 0.25) is 5.91 Å². The molecule has 6 heteroatoms. The fourth-order valence-electron chi connectivity index (χ4n) is 9.00. The normalized spacial score (nSPS) is 46.5. The van der Waals surface area contributed by atoms with E-state index < -0.39 is 5.97 Å². The summed E-state index contributed by atoms with van der Waals surface area (Å²) in [6.07, 6.45) is 9.06. The molecular weight excluding hydrogens is 406 g/mol.